The van der Waals surface area contributed by atoms with Crippen LogP contribution in [0.1, 0.15) is 0 Å². The molecule has 0 radical (unpaired) electrons. The molecule has 2 aromatic carbocycles. The van der Waals surface area contributed by atoms with Crippen molar-refractivity contribution in [2.75, 3.05) is 5.73 Å². The Kier molecular flexibility index (Phi) is 3.46. The highest BCUT2D eigenvalue weighted by molar-refractivity contribution is 5.49. The van der Waals surface area contributed by atoms with E-state index in [2.05, 4.69) is 10.2 Å². The third-order valence-corrected chi connectivity index (χ3v) is 2.31. The number of anilines is 1. The average molecular weight is 260 g/mol. The fourth-order valence-electron chi connectivity index (χ4n) is 1.34. The largest absolute Gasteiger partial charge is 0.399 e. The number of nitrogen functional groups attached to an aromatic ring is 1. The van der Waals surface area contributed by atoms with Gasteiger partial charge in [-0.3, -0.25) is 10.1 Å². The Labute approximate surface area is 107 Å². The van der Waals surface area contributed by atoms with E-state index in [1.165, 1.54) is 12.1 Å². The normalized spacial score (nSPS) is 10.8. The van der Waals surface area contributed by atoms with Gasteiger partial charge >= 0.3 is 0 Å². The number of nitrogens with zero attached hydrogens (tertiary/aromatic N) is 3. The van der Waals surface area contributed by atoms with Gasteiger partial charge in [-0.2, -0.15) is 5.11 Å². The monoisotopic (exact) mass is 260 g/mol. The number of halogens is 1. The average Bonchev–Trinajstić information content (AvgIpc) is 2.39. The van der Waals surface area contributed by atoms with Gasteiger partial charge in [0.1, 0.15) is 5.69 Å². The molecule has 7 heteroatoms. The van der Waals surface area contributed by atoms with Crippen LogP contribution in [0, 0.1) is 15.9 Å². The Morgan fingerprint density at radius 3 is 2.37 bits per heavy atom. The molecule has 0 heterocycles. The summed E-state index contributed by atoms with van der Waals surface area (Å²) in [4.78, 5) is 9.77. The van der Waals surface area contributed by atoms with Gasteiger partial charge in [0.2, 0.25) is 0 Å². The van der Waals surface area contributed by atoms with Crippen LogP contribution in [0.3, 0.4) is 0 Å². The molecule has 19 heavy (non-hydrogen) atoms. The zero-order chi connectivity index (χ0) is 13.8. The number of hydrogen-bond acceptors (Lipinski definition) is 5. The SMILES string of the molecule is Nc1ccc(N=Nc2ccc([N+](=O)[O-])cc2F)cc1. The highest BCUT2D eigenvalue weighted by Gasteiger charge is 2.10. The maximum Gasteiger partial charge on any atom is 0.272 e. The van der Waals surface area contributed by atoms with Gasteiger partial charge in [0.15, 0.2) is 5.82 Å². The zero-order valence-corrected chi connectivity index (χ0v) is 9.65. The van der Waals surface area contributed by atoms with Crippen molar-refractivity contribution >= 4 is 22.7 Å². The van der Waals surface area contributed by atoms with Gasteiger partial charge in [0.25, 0.3) is 5.69 Å². The smallest absolute Gasteiger partial charge is 0.272 e. The van der Waals surface area contributed by atoms with E-state index in [-0.39, 0.29) is 11.4 Å². The van der Waals surface area contributed by atoms with Gasteiger partial charge in [-0.1, -0.05) is 0 Å². The Balaban J connectivity index is 2.23. The molecule has 2 aromatic rings. The summed E-state index contributed by atoms with van der Waals surface area (Å²) in [5, 5.41) is 18.0. The third kappa shape index (κ3) is 3.09. The molecule has 0 atom stereocenters. The summed E-state index contributed by atoms with van der Waals surface area (Å²) in [5.74, 6) is -0.798. The highest BCUT2D eigenvalue weighted by atomic mass is 19.1. The molecule has 96 valence electrons. The van der Waals surface area contributed by atoms with Crippen LogP contribution < -0.4 is 5.73 Å². The minimum Gasteiger partial charge on any atom is -0.399 e. The van der Waals surface area contributed by atoms with Gasteiger partial charge in [-0.25, -0.2) is 4.39 Å². The van der Waals surface area contributed by atoms with E-state index in [1.54, 1.807) is 24.3 Å². The summed E-state index contributed by atoms with van der Waals surface area (Å²) in [5.41, 5.74) is 6.20. The van der Waals surface area contributed by atoms with Gasteiger partial charge < -0.3 is 5.73 Å². The number of hydrogen-bond donors (Lipinski definition) is 1. The van der Waals surface area contributed by atoms with E-state index in [4.69, 9.17) is 5.73 Å². The van der Waals surface area contributed by atoms with Crippen LogP contribution >= 0.6 is 0 Å². The molecule has 0 unspecified atom stereocenters. The summed E-state index contributed by atoms with van der Waals surface area (Å²) >= 11 is 0. The van der Waals surface area contributed by atoms with Crippen LogP contribution in [0.5, 0.6) is 0 Å². The summed E-state index contributed by atoms with van der Waals surface area (Å²) in [6.07, 6.45) is 0. The topological polar surface area (TPSA) is 93.9 Å². The molecule has 2 rings (SSSR count). The van der Waals surface area contributed by atoms with E-state index >= 15 is 0 Å². The standard InChI is InChI=1S/C12H9FN4O2/c13-11-7-10(17(18)19)5-6-12(11)16-15-9-3-1-8(14)2-4-9/h1-7H,14H2. The summed E-state index contributed by atoms with van der Waals surface area (Å²) in [6.45, 7) is 0. The Morgan fingerprint density at radius 2 is 1.79 bits per heavy atom. The highest BCUT2D eigenvalue weighted by Crippen LogP contribution is 2.25. The molecule has 2 N–H and O–H groups in total. The number of non-ortho nitro benzene ring substituents is 1. The maximum atomic E-state index is 13.5. The number of nitro groups is 1. The minimum atomic E-state index is -0.798. The minimum absolute atomic E-state index is 0.0672. The fourth-order valence-corrected chi connectivity index (χ4v) is 1.34. The predicted molar refractivity (Wildman–Crippen MR) is 68.1 cm³/mol. The molecule has 0 aliphatic rings. The third-order valence-electron chi connectivity index (χ3n) is 2.31. The Morgan fingerprint density at radius 1 is 1.11 bits per heavy atom. The molecule has 6 nitrogen and oxygen atoms in total. The second-order valence-corrected chi connectivity index (χ2v) is 3.68. The molecule has 0 bridgehead atoms. The zero-order valence-electron chi connectivity index (χ0n) is 9.65. The van der Waals surface area contributed by atoms with Crippen molar-refractivity contribution in [2.24, 2.45) is 10.2 Å². The van der Waals surface area contributed by atoms with Crippen molar-refractivity contribution < 1.29 is 9.31 Å². The Bertz CT molecular complexity index is 641. The second-order valence-electron chi connectivity index (χ2n) is 3.68. The lowest BCUT2D eigenvalue weighted by Gasteiger charge is -1.96. The number of nitro benzene ring substituents is 1. The summed E-state index contributed by atoms with van der Waals surface area (Å²) in [6, 6.07) is 9.71. The number of benzene rings is 2. The maximum absolute atomic E-state index is 13.5. The van der Waals surface area contributed by atoms with Crippen molar-refractivity contribution in [3.05, 3.63) is 58.4 Å². The van der Waals surface area contributed by atoms with Crippen molar-refractivity contribution in [1.29, 1.82) is 0 Å². The van der Waals surface area contributed by atoms with Crippen molar-refractivity contribution in [2.45, 2.75) is 0 Å². The van der Waals surface area contributed by atoms with Crippen molar-refractivity contribution in [3.8, 4) is 0 Å². The fraction of sp³-hybridized carbons (Fsp3) is 0. The van der Waals surface area contributed by atoms with Crippen LogP contribution in [0.2, 0.25) is 0 Å². The van der Waals surface area contributed by atoms with Crippen LogP contribution in [0.15, 0.2) is 52.7 Å². The first kappa shape index (κ1) is 12.6. The lowest BCUT2D eigenvalue weighted by atomic mass is 10.3. The van der Waals surface area contributed by atoms with E-state index < -0.39 is 10.7 Å². The first-order valence-corrected chi connectivity index (χ1v) is 5.27. The first-order valence-electron chi connectivity index (χ1n) is 5.27. The molecule has 0 spiro atoms. The molecule has 0 fully saturated rings. The summed E-state index contributed by atoms with van der Waals surface area (Å²) in [7, 11) is 0. The predicted octanol–water partition coefficient (Wildman–Crippen LogP) is 3.73. The molecule has 0 saturated carbocycles. The van der Waals surface area contributed by atoms with Crippen LogP contribution in [0.25, 0.3) is 0 Å². The molecular formula is C12H9FN4O2. The van der Waals surface area contributed by atoms with E-state index in [0.29, 0.717) is 11.4 Å². The molecule has 0 aromatic heterocycles. The first-order chi connectivity index (χ1) is 9.06. The summed E-state index contributed by atoms with van der Waals surface area (Å²) < 4.78 is 13.5. The number of azo groups is 1. The lowest BCUT2D eigenvalue weighted by molar-refractivity contribution is -0.385. The molecule has 0 amide bonds. The van der Waals surface area contributed by atoms with Crippen molar-refractivity contribution in [1.82, 2.24) is 0 Å². The Hall–Kier alpha value is -2.83. The van der Waals surface area contributed by atoms with Gasteiger partial charge in [-0.05, 0) is 30.3 Å². The van der Waals surface area contributed by atoms with E-state index in [0.717, 1.165) is 6.07 Å². The second kappa shape index (κ2) is 5.21. The van der Waals surface area contributed by atoms with Gasteiger partial charge in [0, 0.05) is 11.8 Å². The van der Waals surface area contributed by atoms with Gasteiger partial charge in [0.05, 0.1) is 16.7 Å². The van der Waals surface area contributed by atoms with Gasteiger partial charge in [-0.15, -0.1) is 5.11 Å². The van der Waals surface area contributed by atoms with Crippen LogP contribution in [0.4, 0.5) is 27.1 Å². The molecule has 0 aliphatic carbocycles. The number of rotatable bonds is 3. The molecule has 0 saturated heterocycles. The van der Waals surface area contributed by atoms with E-state index in [9.17, 15) is 14.5 Å². The quantitative estimate of drug-likeness (QED) is 0.394. The van der Waals surface area contributed by atoms with Crippen molar-refractivity contribution in [3.63, 3.8) is 0 Å². The number of nitrogens with two attached hydrogens (primary N) is 1. The molecule has 0 aliphatic heterocycles. The van der Waals surface area contributed by atoms with Crippen LogP contribution in [-0.4, -0.2) is 4.92 Å². The van der Waals surface area contributed by atoms with E-state index in [1.807, 2.05) is 0 Å². The molecular weight excluding hydrogens is 251 g/mol. The lowest BCUT2D eigenvalue weighted by Crippen LogP contribution is -1.88. The van der Waals surface area contributed by atoms with Crippen LogP contribution in [-0.2, 0) is 0 Å².